The Morgan fingerprint density at radius 2 is 1.86 bits per heavy atom. The lowest BCUT2D eigenvalue weighted by atomic mass is 10.2. The molecular weight excluding hydrogens is 315 g/mol. The molecule has 2 aliphatic rings. The summed E-state index contributed by atoms with van der Waals surface area (Å²) in [6.45, 7) is 2.42. The molecule has 3 atom stereocenters. The van der Waals surface area contributed by atoms with E-state index in [1.165, 1.54) is 11.8 Å². The van der Waals surface area contributed by atoms with Gasteiger partial charge in [0.05, 0.1) is 0 Å². The molecule has 1 heterocycles. The SMILES string of the molecule is CS[C@@H]1CC[C@@H](NC(=O)N2CCN([C@@H](C)C(F)(F)F)CC2)C1. The molecule has 2 rings (SSSR count). The number of hydrogen-bond donors (Lipinski definition) is 1. The van der Waals surface area contributed by atoms with Crippen molar-refractivity contribution < 1.29 is 18.0 Å². The van der Waals surface area contributed by atoms with Crippen molar-refractivity contribution in [1.29, 1.82) is 0 Å². The zero-order valence-electron chi connectivity index (χ0n) is 13.0. The third-order valence-electron chi connectivity index (χ3n) is 4.67. The first kappa shape index (κ1) is 17.7. The summed E-state index contributed by atoms with van der Waals surface area (Å²) in [5, 5.41) is 3.63. The molecule has 0 spiro atoms. The van der Waals surface area contributed by atoms with Crippen LogP contribution in [0.4, 0.5) is 18.0 Å². The van der Waals surface area contributed by atoms with Crippen molar-refractivity contribution in [3.63, 3.8) is 0 Å². The highest BCUT2D eigenvalue weighted by Gasteiger charge is 2.41. The van der Waals surface area contributed by atoms with E-state index in [0.717, 1.165) is 19.3 Å². The van der Waals surface area contributed by atoms with Crippen molar-refractivity contribution in [2.45, 2.75) is 49.7 Å². The van der Waals surface area contributed by atoms with Crippen LogP contribution in [0.1, 0.15) is 26.2 Å². The Bertz CT molecular complexity index is 386. The number of nitrogens with one attached hydrogen (secondary N) is 1. The highest BCUT2D eigenvalue weighted by molar-refractivity contribution is 7.99. The molecule has 8 heteroatoms. The fraction of sp³-hybridized carbons (Fsp3) is 0.929. The van der Waals surface area contributed by atoms with Crippen molar-refractivity contribution in [1.82, 2.24) is 15.1 Å². The first-order valence-electron chi connectivity index (χ1n) is 7.70. The van der Waals surface area contributed by atoms with Gasteiger partial charge >= 0.3 is 12.2 Å². The summed E-state index contributed by atoms with van der Waals surface area (Å²) in [5.74, 6) is 0. The van der Waals surface area contributed by atoms with Gasteiger partial charge in [-0.1, -0.05) is 0 Å². The molecule has 0 unspecified atom stereocenters. The van der Waals surface area contributed by atoms with Gasteiger partial charge in [0.15, 0.2) is 0 Å². The van der Waals surface area contributed by atoms with E-state index in [1.807, 2.05) is 11.8 Å². The van der Waals surface area contributed by atoms with E-state index in [0.29, 0.717) is 18.3 Å². The maximum Gasteiger partial charge on any atom is 0.403 e. The maximum atomic E-state index is 12.7. The van der Waals surface area contributed by atoms with Crippen LogP contribution in [0, 0.1) is 0 Å². The van der Waals surface area contributed by atoms with Crippen LogP contribution in [0.2, 0.25) is 0 Å². The Hall–Kier alpha value is -0.630. The topological polar surface area (TPSA) is 35.6 Å². The third kappa shape index (κ3) is 4.44. The lowest BCUT2D eigenvalue weighted by Gasteiger charge is -2.38. The van der Waals surface area contributed by atoms with Gasteiger partial charge in [-0.25, -0.2) is 4.79 Å². The monoisotopic (exact) mass is 339 g/mol. The lowest BCUT2D eigenvalue weighted by Crippen LogP contribution is -2.57. The van der Waals surface area contributed by atoms with Crippen molar-refractivity contribution in [2.75, 3.05) is 32.4 Å². The van der Waals surface area contributed by atoms with E-state index in [2.05, 4.69) is 11.6 Å². The van der Waals surface area contributed by atoms with Crippen LogP contribution < -0.4 is 5.32 Å². The molecule has 2 fully saturated rings. The van der Waals surface area contributed by atoms with Crippen molar-refractivity contribution in [3.05, 3.63) is 0 Å². The van der Waals surface area contributed by atoms with Gasteiger partial charge in [-0.2, -0.15) is 24.9 Å². The maximum absolute atomic E-state index is 12.7. The van der Waals surface area contributed by atoms with E-state index in [-0.39, 0.29) is 25.2 Å². The predicted octanol–water partition coefficient (Wildman–Crippen LogP) is 2.55. The summed E-state index contributed by atoms with van der Waals surface area (Å²) in [5.41, 5.74) is 0. The number of nitrogens with zero attached hydrogens (tertiary/aromatic N) is 2. The molecule has 128 valence electrons. The number of amides is 2. The van der Waals surface area contributed by atoms with Gasteiger partial charge in [-0.3, -0.25) is 4.90 Å². The van der Waals surface area contributed by atoms with E-state index in [9.17, 15) is 18.0 Å². The van der Waals surface area contributed by atoms with Crippen LogP contribution >= 0.6 is 11.8 Å². The summed E-state index contributed by atoms with van der Waals surface area (Å²) in [7, 11) is 0. The highest BCUT2D eigenvalue weighted by atomic mass is 32.2. The number of carbonyl (C=O) groups excluding carboxylic acids is 1. The predicted molar refractivity (Wildman–Crippen MR) is 82.1 cm³/mol. The minimum absolute atomic E-state index is 0.133. The minimum Gasteiger partial charge on any atom is -0.335 e. The standard InChI is InChI=1S/C14H24F3N3OS/c1-10(14(15,16)17)19-5-7-20(8-6-19)13(21)18-11-3-4-12(9-11)22-2/h10-12H,3-9H2,1-2H3,(H,18,21)/t10-,11+,12+/m0/s1. The van der Waals surface area contributed by atoms with Gasteiger partial charge in [-0.05, 0) is 32.4 Å². The smallest absolute Gasteiger partial charge is 0.335 e. The van der Waals surface area contributed by atoms with E-state index < -0.39 is 12.2 Å². The number of hydrogen-bond acceptors (Lipinski definition) is 3. The molecule has 1 aliphatic heterocycles. The van der Waals surface area contributed by atoms with Gasteiger partial charge in [-0.15, -0.1) is 0 Å². The van der Waals surface area contributed by atoms with Gasteiger partial charge in [0, 0.05) is 37.5 Å². The molecule has 0 aromatic rings. The van der Waals surface area contributed by atoms with Crippen LogP contribution in [-0.4, -0.2) is 71.8 Å². The van der Waals surface area contributed by atoms with Crippen LogP contribution in [0.3, 0.4) is 0 Å². The Kier molecular flexibility index (Phi) is 5.87. The van der Waals surface area contributed by atoms with Crippen LogP contribution in [0.25, 0.3) is 0 Å². The molecule has 22 heavy (non-hydrogen) atoms. The van der Waals surface area contributed by atoms with Gasteiger partial charge in [0.1, 0.15) is 6.04 Å². The largest absolute Gasteiger partial charge is 0.403 e. The highest BCUT2D eigenvalue weighted by Crippen LogP contribution is 2.28. The van der Waals surface area contributed by atoms with Gasteiger partial charge < -0.3 is 10.2 Å². The molecule has 1 saturated carbocycles. The molecule has 2 amide bonds. The van der Waals surface area contributed by atoms with Crippen molar-refractivity contribution in [3.8, 4) is 0 Å². The fourth-order valence-corrected chi connectivity index (χ4v) is 3.87. The Morgan fingerprint density at radius 1 is 1.23 bits per heavy atom. The number of urea groups is 1. The Morgan fingerprint density at radius 3 is 2.36 bits per heavy atom. The second-order valence-corrected chi connectivity index (χ2v) is 7.20. The summed E-state index contributed by atoms with van der Waals surface area (Å²) < 4.78 is 38.1. The first-order chi connectivity index (χ1) is 10.3. The van der Waals surface area contributed by atoms with Crippen LogP contribution in [0.5, 0.6) is 0 Å². The lowest BCUT2D eigenvalue weighted by molar-refractivity contribution is -0.181. The van der Waals surface area contributed by atoms with Gasteiger partial charge in [0.2, 0.25) is 0 Å². The summed E-state index contributed by atoms with van der Waals surface area (Å²) in [6.07, 6.45) is 0.959. The molecule has 0 aromatic carbocycles. The number of carbonyl (C=O) groups is 1. The molecular formula is C14H24F3N3OS. The summed E-state index contributed by atoms with van der Waals surface area (Å²) in [6, 6.07) is -1.38. The second-order valence-electron chi connectivity index (χ2n) is 6.06. The second kappa shape index (κ2) is 7.29. The normalized spacial score (nSPS) is 28.7. The number of rotatable bonds is 3. The summed E-state index contributed by atoms with van der Waals surface area (Å²) >= 11 is 1.83. The van der Waals surface area contributed by atoms with Crippen LogP contribution in [0.15, 0.2) is 0 Å². The van der Waals surface area contributed by atoms with Crippen molar-refractivity contribution in [2.24, 2.45) is 0 Å². The molecule has 0 aromatic heterocycles. The average molecular weight is 339 g/mol. The number of piperazine rings is 1. The average Bonchev–Trinajstić information content (AvgIpc) is 2.93. The molecule has 1 aliphatic carbocycles. The number of alkyl halides is 3. The third-order valence-corrected chi connectivity index (χ3v) is 5.76. The molecule has 0 radical (unpaired) electrons. The van der Waals surface area contributed by atoms with Crippen LogP contribution in [-0.2, 0) is 0 Å². The number of halogens is 3. The van der Waals surface area contributed by atoms with Crippen molar-refractivity contribution >= 4 is 17.8 Å². The zero-order chi connectivity index (χ0) is 16.3. The number of thioether (sulfide) groups is 1. The Balaban J connectivity index is 1.76. The first-order valence-corrected chi connectivity index (χ1v) is 8.99. The molecule has 0 bridgehead atoms. The van der Waals surface area contributed by atoms with E-state index in [1.54, 1.807) is 4.90 Å². The molecule has 1 saturated heterocycles. The fourth-order valence-electron chi connectivity index (χ4n) is 3.07. The van der Waals surface area contributed by atoms with Gasteiger partial charge in [0.25, 0.3) is 0 Å². The van der Waals surface area contributed by atoms with E-state index >= 15 is 0 Å². The summed E-state index contributed by atoms with van der Waals surface area (Å²) in [4.78, 5) is 15.2. The molecule has 1 N–H and O–H groups in total. The van der Waals surface area contributed by atoms with E-state index in [4.69, 9.17) is 0 Å². The quantitative estimate of drug-likeness (QED) is 0.858. The molecule has 4 nitrogen and oxygen atoms in total. The minimum atomic E-state index is -4.21. The Labute approximate surface area is 133 Å². The zero-order valence-corrected chi connectivity index (χ0v) is 13.8.